The SMILES string of the molecule is Cl.Cn1cc(C(F)F)c(N)n1. The number of nitrogen functional groups attached to an aromatic ring is 1. The molecule has 0 saturated heterocycles. The Morgan fingerprint density at radius 1 is 1.64 bits per heavy atom. The molecule has 2 N–H and O–H groups in total. The van der Waals surface area contributed by atoms with Gasteiger partial charge in [0.2, 0.25) is 0 Å². The van der Waals surface area contributed by atoms with E-state index in [2.05, 4.69) is 5.10 Å². The van der Waals surface area contributed by atoms with Crippen LogP contribution >= 0.6 is 12.4 Å². The number of aromatic nitrogens is 2. The van der Waals surface area contributed by atoms with Crippen molar-refractivity contribution >= 4 is 18.2 Å². The monoisotopic (exact) mass is 183 g/mol. The molecular formula is C5H8ClF2N3. The van der Waals surface area contributed by atoms with Crippen LogP contribution in [0.2, 0.25) is 0 Å². The van der Waals surface area contributed by atoms with Crippen LogP contribution in [0.15, 0.2) is 6.20 Å². The minimum absolute atomic E-state index is 0. The minimum atomic E-state index is -2.53. The molecule has 11 heavy (non-hydrogen) atoms. The van der Waals surface area contributed by atoms with Gasteiger partial charge in [0.1, 0.15) is 0 Å². The molecule has 0 fully saturated rings. The lowest BCUT2D eigenvalue weighted by Gasteiger charge is -1.91. The number of aryl methyl sites for hydroxylation is 1. The molecule has 0 aliphatic heterocycles. The van der Waals surface area contributed by atoms with E-state index in [9.17, 15) is 8.78 Å². The predicted octanol–water partition coefficient (Wildman–Crippen LogP) is 1.36. The van der Waals surface area contributed by atoms with Crippen molar-refractivity contribution in [3.05, 3.63) is 11.8 Å². The molecule has 1 rings (SSSR count). The molecule has 0 amide bonds. The summed E-state index contributed by atoms with van der Waals surface area (Å²) < 4.78 is 25.1. The molecule has 0 aliphatic rings. The highest BCUT2D eigenvalue weighted by Gasteiger charge is 2.13. The molecule has 0 aliphatic carbocycles. The van der Waals surface area contributed by atoms with Gasteiger partial charge in [-0.05, 0) is 0 Å². The zero-order chi connectivity index (χ0) is 7.72. The van der Waals surface area contributed by atoms with E-state index in [1.807, 2.05) is 0 Å². The van der Waals surface area contributed by atoms with Crippen LogP contribution in [0.25, 0.3) is 0 Å². The molecule has 64 valence electrons. The normalized spacial score (nSPS) is 9.82. The maximum Gasteiger partial charge on any atom is 0.268 e. The van der Waals surface area contributed by atoms with E-state index < -0.39 is 6.43 Å². The number of anilines is 1. The van der Waals surface area contributed by atoms with E-state index in [4.69, 9.17) is 5.73 Å². The van der Waals surface area contributed by atoms with Crippen molar-refractivity contribution < 1.29 is 8.78 Å². The molecule has 1 aromatic heterocycles. The third kappa shape index (κ3) is 2.04. The third-order valence-corrected chi connectivity index (χ3v) is 1.12. The van der Waals surface area contributed by atoms with E-state index in [1.54, 1.807) is 7.05 Å². The average Bonchev–Trinajstić information content (AvgIpc) is 2.10. The summed E-state index contributed by atoms with van der Waals surface area (Å²) in [6.07, 6.45) is -1.33. The van der Waals surface area contributed by atoms with E-state index in [0.29, 0.717) is 0 Å². The molecule has 3 nitrogen and oxygen atoms in total. The Labute approximate surface area is 68.6 Å². The predicted molar refractivity (Wildman–Crippen MR) is 39.8 cm³/mol. The summed E-state index contributed by atoms with van der Waals surface area (Å²) in [5.74, 6) is -0.0995. The van der Waals surface area contributed by atoms with Crippen LogP contribution in [0, 0.1) is 0 Å². The lowest BCUT2D eigenvalue weighted by molar-refractivity contribution is 0.152. The first kappa shape index (κ1) is 10.2. The van der Waals surface area contributed by atoms with Gasteiger partial charge in [-0.15, -0.1) is 12.4 Å². The van der Waals surface area contributed by atoms with Crippen molar-refractivity contribution in [3.63, 3.8) is 0 Å². The first-order chi connectivity index (χ1) is 4.61. The van der Waals surface area contributed by atoms with Crippen molar-refractivity contribution in [2.45, 2.75) is 6.43 Å². The summed E-state index contributed by atoms with van der Waals surface area (Å²) in [5, 5.41) is 3.55. The topological polar surface area (TPSA) is 43.8 Å². The van der Waals surface area contributed by atoms with Gasteiger partial charge < -0.3 is 5.73 Å². The molecule has 0 spiro atoms. The molecule has 0 aromatic carbocycles. The quantitative estimate of drug-likeness (QED) is 0.715. The smallest absolute Gasteiger partial charge is 0.268 e. The Bertz CT molecular complexity index is 236. The van der Waals surface area contributed by atoms with Crippen molar-refractivity contribution in [2.24, 2.45) is 7.05 Å². The summed E-state index contributed by atoms with van der Waals surface area (Å²) >= 11 is 0. The second-order valence-corrected chi connectivity index (χ2v) is 1.94. The molecule has 6 heteroatoms. The Morgan fingerprint density at radius 3 is 2.36 bits per heavy atom. The van der Waals surface area contributed by atoms with E-state index in [-0.39, 0.29) is 23.8 Å². The van der Waals surface area contributed by atoms with Gasteiger partial charge >= 0.3 is 0 Å². The van der Waals surface area contributed by atoms with E-state index >= 15 is 0 Å². The van der Waals surface area contributed by atoms with Crippen molar-refractivity contribution in [1.82, 2.24) is 9.78 Å². The van der Waals surface area contributed by atoms with Gasteiger partial charge in [-0.3, -0.25) is 4.68 Å². The molecule has 1 aromatic rings. The van der Waals surface area contributed by atoms with E-state index in [1.165, 1.54) is 10.9 Å². The molecule has 0 saturated carbocycles. The summed E-state index contributed by atoms with van der Waals surface area (Å²) in [6.45, 7) is 0. The average molecular weight is 184 g/mol. The van der Waals surface area contributed by atoms with Crippen LogP contribution in [0.1, 0.15) is 12.0 Å². The Balaban J connectivity index is 0.000001000. The zero-order valence-corrected chi connectivity index (χ0v) is 6.61. The highest BCUT2D eigenvalue weighted by Crippen LogP contribution is 2.22. The minimum Gasteiger partial charge on any atom is -0.382 e. The van der Waals surface area contributed by atoms with Crippen LogP contribution in [0.5, 0.6) is 0 Å². The largest absolute Gasteiger partial charge is 0.382 e. The molecular weight excluding hydrogens is 176 g/mol. The van der Waals surface area contributed by atoms with Gasteiger partial charge in [0.25, 0.3) is 6.43 Å². The first-order valence-electron chi connectivity index (χ1n) is 2.68. The molecule has 0 radical (unpaired) electrons. The van der Waals surface area contributed by atoms with Crippen LogP contribution in [0.4, 0.5) is 14.6 Å². The van der Waals surface area contributed by atoms with Crippen molar-refractivity contribution in [2.75, 3.05) is 5.73 Å². The number of alkyl halides is 2. The maximum atomic E-state index is 11.9. The van der Waals surface area contributed by atoms with Gasteiger partial charge in [0.05, 0.1) is 5.56 Å². The van der Waals surface area contributed by atoms with Gasteiger partial charge in [0, 0.05) is 13.2 Å². The highest BCUT2D eigenvalue weighted by atomic mass is 35.5. The number of rotatable bonds is 1. The van der Waals surface area contributed by atoms with Gasteiger partial charge in [-0.1, -0.05) is 0 Å². The fraction of sp³-hybridized carbons (Fsp3) is 0.400. The summed E-state index contributed by atoms with van der Waals surface area (Å²) in [6, 6.07) is 0. The fourth-order valence-electron chi connectivity index (χ4n) is 0.692. The highest BCUT2D eigenvalue weighted by molar-refractivity contribution is 5.85. The van der Waals surface area contributed by atoms with Crippen LogP contribution < -0.4 is 5.73 Å². The second-order valence-electron chi connectivity index (χ2n) is 1.94. The van der Waals surface area contributed by atoms with Crippen LogP contribution in [-0.4, -0.2) is 9.78 Å². The molecule has 0 atom stereocenters. The van der Waals surface area contributed by atoms with Gasteiger partial charge in [-0.2, -0.15) is 5.10 Å². The van der Waals surface area contributed by atoms with Crippen molar-refractivity contribution in [1.29, 1.82) is 0 Å². The van der Waals surface area contributed by atoms with Crippen LogP contribution in [-0.2, 0) is 7.05 Å². The number of hydrogen-bond acceptors (Lipinski definition) is 2. The van der Waals surface area contributed by atoms with Gasteiger partial charge in [-0.25, -0.2) is 8.78 Å². The lowest BCUT2D eigenvalue weighted by atomic mass is 10.3. The molecule has 0 bridgehead atoms. The van der Waals surface area contributed by atoms with Gasteiger partial charge in [0.15, 0.2) is 5.82 Å². The summed E-state index contributed by atoms with van der Waals surface area (Å²) in [4.78, 5) is 0. The van der Waals surface area contributed by atoms with Crippen molar-refractivity contribution in [3.8, 4) is 0 Å². The Morgan fingerprint density at radius 2 is 2.18 bits per heavy atom. The van der Waals surface area contributed by atoms with Crippen LogP contribution in [0.3, 0.4) is 0 Å². The number of halogens is 3. The fourth-order valence-corrected chi connectivity index (χ4v) is 0.692. The molecule has 0 unspecified atom stereocenters. The molecule has 1 heterocycles. The Kier molecular flexibility index (Phi) is 3.25. The number of nitrogens with zero attached hydrogens (tertiary/aromatic N) is 2. The van der Waals surface area contributed by atoms with E-state index in [0.717, 1.165) is 0 Å². The summed E-state index contributed by atoms with van der Waals surface area (Å²) in [5.41, 5.74) is 4.92. The Hall–Kier alpha value is -0.840. The summed E-state index contributed by atoms with van der Waals surface area (Å²) in [7, 11) is 1.54. The zero-order valence-electron chi connectivity index (χ0n) is 5.79. The number of hydrogen-bond donors (Lipinski definition) is 1. The lowest BCUT2D eigenvalue weighted by Crippen LogP contribution is -1.92. The third-order valence-electron chi connectivity index (χ3n) is 1.12. The first-order valence-corrected chi connectivity index (χ1v) is 2.68. The number of nitrogens with two attached hydrogens (primary N) is 1. The second kappa shape index (κ2) is 3.52. The maximum absolute atomic E-state index is 11.9. The standard InChI is InChI=1S/C5H7F2N3.ClH/c1-10-2-3(4(6)7)5(8)9-10;/h2,4H,1H3,(H2,8,9);1H.